The molecule has 21 heavy (non-hydrogen) atoms. The number of aromatic nitrogens is 2. The van der Waals surface area contributed by atoms with Gasteiger partial charge in [0, 0.05) is 45.3 Å². The van der Waals surface area contributed by atoms with Crippen LogP contribution in [0, 0.1) is 0 Å². The summed E-state index contributed by atoms with van der Waals surface area (Å²) in [7, 11) is 0. The first-order valence-corrected chi connectivity index (χ1v) is 7.83. The Hall–Kier alpha value is -1.02. The highest BCUT2D eigenvalue weighted by molar-refractivity contribution is 4.95. The van der Waals surface area contributed by atoms with Crippen molar-refractivity contribution in [1.82, 2.24) is 25.3 Å². The van der Waals surface area contributed by atoms with Crippen LogP contribution in [0.15, 0.2) is 4.52 Å². The van der Waals surface area contributed by atoms with Gasteiger partial charge in [0.2, 0.25) is 11.7 Å². The van der Waals surface area contributed by atoms with Crippen molar-refractivity contribution >= 4 is 0 Å². The molecule has 1 N–H and O–H groups in total. The molecule has 1 aromatic rings. The van der Waals surface area contributed by atoms with Crippen molar-refractivity contribution in [3.63, 3.8) is 0 Å². The van der Waals surface area contributed by atoms with E-state index >= 15 is 0 Å². The lowest BCUT2D eigenvalue weighted by atomic mass is 10.2. The topological polar surface area (TPSA) is 66.7 Å². The average Bonchev–Trinajstić information content (AvgIpc) is 2.97. The lowest BCUT2D eigenvalue weighted by Gasteiger charge is -2.34. The summed E-state index contributed by atoms with van der Waals surface area (Å²) in [5, 5.41) is 7.46. The van der Waals surface area contributed by atoms with E-state index < -0.39 is 0 Å². The van der Waals surface area contributed by atoms with Crippen LogP contribution < -0.4 is 5.32 Å². The monoisotopic (exact) mass is 295 g/mol. The van der Waals surface area contributed by atoms with Crippen molar-refractivity contribution in [2.24, 2.45) is 0 Å². The molecule has 0 saturated carbocycles. The molecule has 2 aliphatic rings. The van der Waals surface area contributed by atoms with E-state index in [0.717, 1.165) is 52.4 Å². The van der Waals surface area contributed by atoms with Gasteiger partial charge in [-0.05, 0) is 13.8 Å². The fraction of sp³-hybridized carbons (Fsp3) is 0.857. The van der Waals surface area contributed by atoms with E-state index in [1.54, 1.807) is 0 Å². The number of morpholine rings is 1. The third-order valence-corrected chi connectivity index (χ3v) is 4.17. The molecule has 2 aliphatic heterocycles. The molecule has 0 bridgehead atoms. The summed E-state index contributed by atoms with van der Waals surface area (Å²) in [5.41, 5.74) is 0. The Morgan fingerprint density at radius 1 is 1.29 bits per heavy atom. The van der Waals surface area contributed by atoms with Crippen LogP contribution >= 0.6 is 0 Å². The molecule has 0 radical (unpaired) electrons. The first-order valence-electron chi connectivity index (χ1n) is 7.83. The fourth-order valence-corrected chi connectivity index (χ4v) is 2.82. The molecule has 3 rings (SSSR count). The minimum atomic E-state index is -0.0679. The maximum absolute atomic E-state index is 5.80. The predicted octanol–water partition coefficient (Wildman–Crippen LogP) is 0.257. The van der Waals surface area contributed by atoms with Gasteiger partial charge in [0.15, 0.2) is 0 Å². The van der Waals surface area contributed by atoms with Crippen LogP contribution in [0.3, 0.4) is 0 Å². The molecule has 0 aromatic carbocycles. The molecule has 2 fully saturated rings. The van der Waals surface area contributed by atoms with Crippen molar-refractivity contribution in [3.8, 4) is 0 Å². The largest absolute Gasteiger partial charge is 0.367 e. The zero-order valence-electron chi connectivity index (χ0n) is 12.9. The van der Waals surface area contributed by atoms with Crippen LogP contribution in [0.2, 0.25) is 0 Å². The summed E-state index contributed by atoms with van der Waals surface area (Å²) < 4.78 is 11.2. The molecule has 3 heterocycles. The van der Waals surface area contributed by atoms with Gasteiger partial charge in [-0.3, -0.25) is 9.80 Å². The molecule has 1 unspecified atom stereocenters. The summed E-state index contributed by atoms with van der Waals surface area (Å²) in [4.78, 5) is 9.25. The molecular weight excluding hydrogens is 270 g/mol. The van der Waals surface area contributed by atoms with Gasteiger partial charge < -0.3 is 14.6 Å². The van der Waals surface area contributed by atoms with Gasteiger partial charge in [0.25, 0.3) is 0 Å². The van der Waals surface area contributed by atoms with Gasteiger partial charge in [-0.1, -0.05) is 5.16 Å². The molecule has 7 heteroatoms. The fourth-order valence-electron chi connectivity index (χ4n) is 2.82. The summed E-state index contributed by atoms with van der Waals surface area (Å²) in [6.07, 6.45) is -0.0679. The van der Waals surface area contributed by atoms with Crippen molar-refractivity contribution in [1.29, 1.82) is 0 Å². The second-order valence-corrected chi connectivity index (χ2v) is 6.02. The summed E-state index contributed by atoms with van der Waals surface area (Å²) in [5.74, 6) is 1.38. The first kappa shape index (κ1) is 14.9. The van der Waals surface area contributed by atoms with Gasteiger partial charge in [-0.2, -0.15) is 4.98 Å². The lowest BCUT2D eigenvalue weighted by molar-refractivity contribution is -0.0450. The number of nitrogens with zero attached hydrogens (tertiary/aromatic N) is 4. The van der Waals surface area contributed by atoms with E-state index in [2.05, 4.69) is 39.1 Å². The lowest BCUT2D eigenvalue weighted by Crippen LogP contribution is -2.43. The Balaban J connectivity index is 1.58. The third kappa shape index (κ3) is 3.79. The molecule has 7 nitrogen and oxygen atoms in total. The van der Waals surface area contributed by atoms with E-state index in [9.17, 15) is 0 Å². The van der Waals surface area contributed by atoms with Crippen LogP contribution in [0.25, 0.3) is 0 Å². The number of hydrogen-bond donors (Lipinski definition) is 1. The average molecular weight is 295 g/mol. The molecule has 0 spiro atoms. The van der Waals surface area contributed by atoms with Crippen LogP contribution in [0.4, 0.5) is 0 Å². The quantitative estimate of drug-likeness (QED) is 0.854. The minimum Gasteiger partial charge on any atom is -0.367 e. The zero-order valence-corrected chi connectivity index (χ0v) is 12.9. The van der Waals surface area contributed by atoms with Gasteiger partial charge in [0.05, 0.1) is 13.2 Å². The van der Waals surface area contributed by atoms with Crippen LogP contribution in [0.5, 0.6) is 0 Å². The highest BCUT2D eigenvalue weighted by Crippen LogP contribution is 2.21. The Labute approximate surface area is 125 Å². The van der Waals surface area contributed by atoms with Crippen LogP contribution in [-0.2, 0) is 11.3 Å². The van der Waals surface area contributed by atoms with Crippen molar-refractivity contribution in [2.45, 2.75) is 32.5 Å². The Morgan fingerprint density at radius 2 is 2.10 bits per heavy atom. The van der Waals surface area contributed by atoms with Crippen molar-refractivity contribution in [2.75, 3.05) is 45.9 Å². The maximum atomic E-state index is 5.80. The normalized spacial score (nSPS) is 25.6. The molecular formula is C14H25N5O2. The molecule has 0 aliphatic carbocycles. The second-order valence-electron chi connectivity index (χ2n) is 6.02. The van der Waals surface area contributed by atoms with Crippen molar-refractivity contribution < 1.29 is 9.26 Å². The summed E-state index contributed by atoms with van der Waals surface area (Å²) >= 11 is 0. The van der Waals surface area contributed by atoms with E-state index in [4.69, 9.17) is 9.26 Å². The number of ether oxygens (including phenoxy) is 1. The second kappa shape index (κ2) is 6.83. The SMILES string of the molecule is CC(C)N1CCOC(c2noc(CN3CCNCC3)n2)C1. The van der Waals surface area contributed by atoms with Crippen LogP contribution in [0.1, 0.15) is 31.7 Å². The zero-order chi connectivity index (χ0) is 14.7. The van der Waals surface area contributed by atoms with Gasteiger partial charge in [0.1, 0.15) is 6.10 Å². The summed E-state index contributed by atoms with van der Waals surface area (Å²) in [6, 6.07) is 0.517. The van der Waals surface area contributed by atoms with Gasteiger partial charge in [-0.25, -0.2) is 0 Å². The third-order valence-electron chi connectivity index (χ3n) is 4.17. The summed E-state index contributed by atoms with van der Waals surface area (Å²) in [6.45, 7) is 11.8. The Kier molecular flexibility index (Phi) is 4.84. The molecule has 118 valence electrons. The first-order chi connectivity index (χ1) is 10.2. The van der Waals surface area contributed by atoms with Crippen molar-refractivity contribution in [3.05, 3.63) is 11.7 Å². The van der Waals surface area contributed by atoms with E-state index in [1.807, 2.05) is 0 Å². The van der Waals surface area contributed by atoms with Gasteiger partial charge >= 0.3 is 0 Å². The number of hydrogen-bond acceptors (Lipinski definition) is 7. The maximum Gasteiger partial charge on any atom is 0.240 e. The standard InChI is InChI=1S/C14H25N5O2/c1-11(2)19-7-8-20-12(9-19)14-16-13(21-17-14)10-18-5-3-15-4-6-18/h11-12,15H,3-10H2,1-2H3. The number of nitrogens with one attached hydrogen (secondary N) is 1. The molecule has 0 amide bonds. The molecule has 1 atom stereocenters. The molecule has 2 saturated heterocycles. The number of piperazine rings is 1. The minimum absolute atomic E-state index is 0.0679. The molecule has 1 aromatic heterocycles. The Bertz CT molecular complexity index is 444. The predicted molar refractivity (Wildman–Crippen MR) is 77.8 cm³/mol. The Morgan fingerprint density at radius 3 is 2.86 bits per heavy atom. The highest BCUT2D eigenvalue weighted by Gasteiger charge is 2.27. The van der Waals surface area contributed by atoms with Gasteiger partial charge in [-0.15, -0.1) is 0 Å². The number of rotatable bonds is 4. The van der Waals surface area contributed by atoms with Crippen LogP contribution in [-0.4, -0.2) is 71.9 Å². The van der Waals surface area contributed by atoms with E-state index in [0.29, 0.717) is 17.8 Å². The highest BCUT2D eigenvalue weighted by atomic mass is 16.5. The van der Waals surface area contributed by atoms with E-state index in [1.165, 1.54) is 0 Å². The van der Waals surface area contributed by atoms with E-state index in [-0.39, 0.29) is 6.10 Å². The smallest absolute Gasteiger partial charge is 0.240 e.